The summed E-state index contributed by atoms with van der Waals surface area (Å²) in [7, 11) is 0. The Morgan fingerprint density at radius 2 is 2.09 bits per heavy atom. The molecule has 0 saturated carbocycles. The molecule has 2 saturated heterocycles. The number of aromatic nitrogens is 2. The van der Waals surface area contributed by atoms with Crippen LogP contribution in [-0.4, -0.2) is 47.2 Å². The Balaban J connectivity index is 1.50. The second-order valence-corrected chi connectivity index (χ2v) is 7.03. The minimum absolute atomic E-state index is 0.0476. The van der Waals surface area contributed by atoms with Crippen LogP contribution < -0.4 is 10.2 Å². The number of hydrogen-bond acceptors (Lipinski definition) is 5. The van der Waals surface area contributed by atoms with E-state index in [9.17, 15) is 4.79 Å². The average Bonchev–Trinajstić information content (AvgIpc) is 2.90. The molecule has 2 fully saturated rings. The third-order valence-electron chi connectivity index (χ3n) is 4.72. The molecule has 0 radical (unpaired) electrons. The molecule has 0 aromatic carbocycles. The lowest BCUT2D eigenvalue weighted by molar-refractivity contribution is -0.122. The Labute approximate surface area is 137 Å². The lowest BCUT2D eigenvalue weighted by Crippen LogP contribution is -2.44. The summed E-state index contributed by atoms with van der Waals surface area (Å²) in [5.41, 5.74) is -0.0476. The smallest absolute Gasteiger partial charge is 0.225 e. The Morgan fingerprint density at radius 3 is 2.74 bits per heavy atom. The van der Waals surface area contributed by atoms with E-state index in [0.29, 0.717) is 18.9 Å². The first kappa shape index (κ1) is 16.2. The van der Waals surface area contributed by atoms with Gasteiger partial charge in [0.25, 0.3) is 0 Å². The van der Waals surface area contributed by atoms with Crippen molar-refractivity contribution in [3.8, 4) is 0 Å². The monoisotopic (exact) mass is 318 g/mol. The zero-order chi connectivity index (χ0) is 16.3. The van der Waals surface area contributed by atoms with Crippen molar-refractivity contribution >= 4 is 11.9 Å². The normalized spacial score (nSPS) is 23.4. The largest absolute Gasteiger partial charge is 0.375 e. The van der Waals surface area contributed by atoms with Crippen LogP contribution in [0.4, 0.5) is 5.95 Å². The Kier molecular flexibility index (Phi) is 4.80. The van der Waals surface area contributed by atoms with Crippen molar-refractivity contribution in [2.45, 2.75) is 51.2 Å². The van der Waals surface area contributed by atoms with Gasteiger partial charge in [0.15, 0.2) is 0 Å². The molecule has 6 heteroatoms. The van der Waals surface area contributed by atoms with Gasteiger partial charge >= 0.3 is 0 Å². The summed E-state index contributed by atoms with van der Waals surface area (Å²) >= 11 is 0. The van der Waals surface area contributed by atoms with E-state index in [-0.39, 0.29) is 17.6 Å². The maximum absolute atomic E-state index is 11.9. The highest BCUT2D eigenvalue weighted by Gasteiger charge is 2.43. The topological polar surface area (TPSA) is 67.3 Å². The highest BCUT2D eigenvalue weighted by molar-refractivity contribution is 5.76. The van der Waals surface area contributed by atoms with Gasteiger partial charge in [-0.3, -0.25) is 4.79 Å². The highest BCUT2D eigenvalue weighted by atomic mass is 16.5. The molecule has 6 nitrogen and oxygen atoms in total. The first-order chi connectivity index (χ1) is 11.1. The van der Waals surface area contributed by atoms with Gasteiger partial charge in [0, 0.05) is 37.9 Å². The Bertz CT molecular complexity index is 527. The molecular formula is C17H26N4O2. The summed E-state index contributed by atoms with van der Waals surface area (Å²) in [6.07, 6.45) is 7.08. The standard InChI is InChI=1S/C17H26N4O2/c1-13(2)20-15(22)10-14-11-17(23-12-14)4-8-21(9-5-17)16-18-6-3-7-19-16/h3,6-7,13-14H,4-5,8-12H2,1-2H3,(H,20,22)/t14-/m1/s1. The van der Waals surface area contributed by atoms with Gasteiger partial charge in [-0.05, 0) is 45.1 Å². The second kappa shape index (κ2) is 6.83. The van der Waals surface area contributed by atoms with Crippen LogP contribution in [0.15, 0.2) is 18.5 Å². The number of anilines is 1. The fourth-order valence-electron chi connectivity index (χ4n) is 3.63. The third kappa shape index (κ3) is 3.99. The van der Waals surface area contributed by atoms with E-state index in [2.05, 4.69) is 20.2 Å². The number of carbonyl (C=O) groups excluding carboxylic acids is 1. The van der Waals surface area contributed by atoms with Crippen molar-refractivity contribution in [3.05, 3.63) is 18.5 Å². The van der Waals surface area contributed by atoms with Crippen LogP contribution in [0.25, 0.3) is 0 Å². The van der Waals surface area contributed by atoms with E-state index in [0.717, 1.165) is 38.3 Å². The fraction of sp³-hybridized carbons (Fsp3) is 0.706. The molecule has 1 amide bonds. The molecule has 0 unspecified atom stereocenters. The van der Waals surface area contributed by atoms with Crippen LogP contribution in [0.3, 0.4) is 0 Å². The first-order valence-corrected chi connectivity index (χ1v) is 8.52. The number of carbonyl (C=O) groups is 1. The Morgan fingerprint density at radius 1 is 1.39 bits per heavy atom. The summed E-state index contributed by atoms with van der Waals surface area (Å²) in [6, 6.07) is 2.04. The van der Waals surface area contributed by atoms with Crippen molar-refractivity contribution in [2.75, 3.05) is 24.6 Å². The van der Waals surface area contributed by atoms with Gasteiger partial charge in [-0.2, -0.15) is 0 Å². The van der Waals surface area contributed by atoms with E-state index >= 15 is 0 Å². The molecule has 0 aliphatic carbocycles. The van der Waals surface area contributed by atoms with Gasteiger partial charge in [-0.1, -0.05) is 0 Å². The lowest BCUT2D eigenvalue weighted by Gasteiger charge is -2.38. The molecule has 1 aromatic heterocycles. The van der Waals surface area contributed by atoms with Gasteiger partial charge in [0.05, 0.1) is 12.2 Å². The SMILES string of the molecule is CC(C)NC(=O)C[C@H]1COC2(CCN(c3ncccn3)CC2)C1. The van der Waals surface area contributed by atoms with E-state index in [1.165, 1.54) is 0 Å². The van der Waals surface area contributed by atoms with Crippen molar-refractivity contribution in [3.63, 3.8) is 0 Å². The minimum Gasteiger partial charge on any atom is -0.375 e. The third-order valence-corrected chi connectivity index (χ3v) is 4.72. The first-order valence-electron chi connectivity index (χ1n) is 8.52. The summed E-state index contributed by atoms with van der Waals surface area (Å²) < 4.78 is 6.14. The number of nitrogens with one attached hydrogen (secondary N) is 1. The number of rotatable bonds is 4. The van der Waals surface area contributed by atoms with Gasteiger partial charge in [0.2, 0.25) is 11.9 Å². The molecule has 3 rings (SSSR count). The molecule has 1 spiro atoms. The Hall–Kier alpha value is -1.69. The number of amides is 1. The molecule has 2 aliphatic heterocycles. The minimum atomic E-state index is -0.0476. The predicted octanol–water partition coefficient (Wildman–Crippen LogP) is 1.77. The zero-order valence-corrected chi connectivity index (χ0v) is 14.0. The van der Waals surface area contributed by atoms with Crippen LogP contribution in [0.2, 0.25) is 0 Å². The van der Waals surface area contributed by atoms with E-state index < -0.39 is 0 Å². The maximum atomic E-state index is 11.9. The van der Waals surface area contributed by atoms with Crippen LogP contribution >= 0.6 is 0 Å². The quantitative estimate of drug-likeness (QED) is 0.916. The lowest BCUT2D eigenvalue weighted by atomic mass is 9.84. The number of hydrogen-bond donors (Lipinski definition) is 1. The van der Waals surface area contributed by atoms with Gasteiger partial charge in [-0.25, -0.2) is 9.97 Å². The van der Waals surface area contributed by atoms with Crippen molar-refractivity contribution in [1.82, 2.24) is 15.3 Å². The summed E-state index contributed by atoms with van der Waals surface area (Å²) in [5.74, 6) is 1.28. The fourth-order valence-corrected chi connectivity index (χ4v) is 3.63. The number of nitrogens with zero attached hydrogens (tertiary/aromatic N) is 3. The molecule has 0 bridgehead atoms. The van der Waals surface area contributed by atoms with Crippen LogP contribution in [0, 0.1) is 5.92 Å². The molecule has 23 heavy (non-hydrogen) atoms. The van der Waals surface area contributed by atoms with Crippen molar-refractivity contribution in [1.29, 1.82) is 0 Å². The van der Waals surface area contributed by atoms with E-state index in [4.69, 9.17) is 4.74 Å². The van der Waals surface area contributed by atoms with Crippen molar-refractivity contribution in [2.24, 2.45) is 5.92 Å². The van der Waals surface area contributed by atoms with Gasteiger partial charge in [-0.15, -0.1) is 0 Å². The molecule has 3 heterocycles. The molecular weight excluding hydrogens is 292 g/mol. The number of ether oxygens (including phenoxy) is 1. The van der Waals surface area contributed by atoms with Crippen LogP contribution in [-0.2, 0) is 9.53 Å². The van der Waals surface area contributed by atoms with E-state index in [1.54, 1.807) is 12.4 Å². The van der Waals surface area contributed by atoms with Gasteiger partial charge < -0.3 is 15.0 Å². The average molecular weight is 318 g/mol. The van der Waals surface area contributed by atoms with Crippen LogP contribution in [0.5, 0.6) is 0 Å². The van der Waals surface area contributed by atoms with Gasteiger partial charge in [0.1, 0.15) is 0 Å². The van der Waals surface area contributed by atoms with Crippen molar-refractivity contribution < 1.29 is 9.53 Å². The molecule has 2 aliphatic rings. The summed E-state index contributed by atoms with van der Waals surface area (Å²) in [6.45, 7) is 6.51. The molecule has 126 valence electrons. The molecule has 1 N–H and O–H groups in total. The predicted molar refractivity (Wildman–Crippen MR) is 88.2 cm³/mol. The van der Waals surface area contributed by atoms with E-state index in [1.807, 2.05) is 19.9 Å². The summed E-state index contributed by atoms with van der Waals surface area (Å²) in [5, 5.41) is 2.97. The maximum Gasteiger partial charge on any atom is 0.225 e. The van der Waals surface area contributed by atoms with Crippen LogP contribution in [0.1, 0.15) is 39.5 Å². The summed E-state index contributed by atoms with van der Waals surface area (Å²) in [4.78, 5) is 22.8. The second-order valence-electron chi connectivity index (χ2n) is 7.03. The number of piperidine rings is 1. The molecule has 1 aromatic rings. The zero-order valence-electron chi connectivity index (χ0n) is 14.0. The highest BCUT2D eigenvalue weighted by Crippen LogP contribution is 2.40. The molecule has 1 atom stereocenters.